The monoisotopic (exact) mass is 180 g/mol. The van der Waals surface area contributed by atoms with Crippen LogP contribution in [0.3, 0.4) is 0 Å². The fraction of sp³-hybridized carbons (Fsp3) is 0.600. The molecule has 0 spiro atoms. The van der Waals surface area contributed by atoms with E-state index in [-0.39, 0.29) is 0 Å². The molecule has 3 nitrogen and oxygen atoms in total. The Labute approximate surface area is 78.8 Å². The lowest BCUT2D eigenvalue weighted by Gasteiger charge is -1.99. The quantitative estimate of drug-likeness (QED) is 0.497. The maximum atomic E-state index is 10.3. The minimum absolute atomic E-state index is 0.524. The third-order valence-corrected chi connectivity index (χ3v) is 2.04. The van der Waals surface area contributed by atoms with Gasteiger partial charge in [0.2, 0.25) is 0 Å². The van der Waals surface area contributed by atoms with Crippen molar-refractivity contribution >= 4 is 6.29 Å². The van der Waals surface area contributed by atoms with Crippen molar-refractivity contribution in [2.24, 2.45) is 0 Å². The molecule has 13 heavy (non-hydrogen) atoms. The van der Waals surface area contributed by atoms with Crippen LogP contribution in [-0.4, -0.2) is 15.8 Å². The summed E-state index contributed by atoms with van der Waals surface area (Å²) in [5.74, 6) is 0. The fourth-order valence-corrected chi connectivity index (χ4v) is 1.28. The summed E-state index contributed by atoms with van der Waals surface area (Å²) in [5.41, 5.74) is 0.524. The van der Waals surface area contributed by atoms with Gasteiger partial charge in [-0.25, -0.2) is 4.98 Å². The molecule has 0 saturated carbocycles. The highest BCUT2D eigenvalue weighted by Crippen LogP contribution is 2.02. The van der Waals surface area contributed by atoms with E-state index in [2.05, 4.69) is 11.9 Å². The molecule has 3 heteroatoms. The summed E-state index contributed by atoms with van der Waals surface area (Å²) >= 11 is 0. The highest BCUT2D eigenvalue weighted by molar-refractivity contribution is 5.70. The molecule has 0 aliphatic carbocycles. The van der Waals surface area contributed by atoms with Crippen molar-refractivity contribution in [2.75, 3.05) is 0 Å². The van der Waals surface area contributed by atoms with Gasteiger partial charge in [0, 0.05) is 12.7 Å². The summed E-state index contributed by atoms with van der Waals surface area (Å²) < 4.78 is 1.97. The lowest BCUT2D eigenvalue weighted by atomic mass is 10.2. The number of aldehydes is 1. The fourth-order valence-electron chi connectivity index (χ4n) is 1.28. The van der Waals surface area contributed by atoms with Gasteiger partial charge in [-0.1, -0.05) is 26.2 Å². The van der Waals surface area contributed by atoms with Crippen LogP contribution >= 0.6 is 0 Å². The lowest BCUT2D eigenvalue weighted by molar-refractivity contribution is 0.111. The minimum Gasteiger partial charge on any atom is -0.337 e. The number of hydrogen-bond donors (Lipinski definition) is 0. The van der Waals surface area contributed by atoms with E-state index in [1.54, 1.807) is 12.5 Å². The van der Waals surface area contributed by atoms with E-state index < -0.39 is 0 Å². The minimum atomic E-state index is 0.524. The Morgan fingerprint density at radius 2 is 2.31 bits per heavy atom. The Bertz CT molecular complexity index is 255. The van der Waals surface area contributed by atoms with Gasteiger partial charge in [0.1, 0.15) is 5.69 Å². The van der Waals surface area contributed by atoms with Crippen molar-refractivity contribution in [1.82, 2.24) is 9.55 Å². The molecule has 0 amide bonds. The molecule has 0 fully saturated rings. The number of rotatable bonds is 6. The molecule has 1 aromatic heterocycles. The third-order valence-electron chi connectivity index (χ3n) is 2.04. The van der Waals surface area contributed by atoms with Crippen LogP contribution in [0.4, 0.5) is 0 Å². The molecule has 0 radical (unpaired) electrons. The van der Waals surface area contributed by atoms with Crippen molar-refractivity contribution in [1.29, 1.82) is 0 Å². The average Bonchev–Trinajstić information content (AvgIpc) is 2.60. The summed E-state index contributed by atoms with van der Waals surface area (Å²) in [4.78, 5) is 14.2. The normalized spacial score (nSPS) is 10.2. The molecule has 1 heterocycles. The van der Waals surface area contributed by atoms with E-state index in [1.807, 2.05) is 4.57 Å². The molecular formula is C10H16N2O. The number of nitrogens with zero attached hydrogens (tertiary/aromatic N) is 2. The van der Waals surface area contributed by atoms with Crippen LogP contribution in [0.25, 0.3) is 0 Å². The van der Waals surface area contributed by atoms with Gasteiger partial charge in [0.25, 0.3) is 0 Å². The predicted octanol–water partition coefficient (Wildman–Crippen LogP) is 2.28. The smallest absolute Gasteiger partial charge is 0.169 e. The maximum absolute atomic E-state index is 10.3. The van der Waals surface area contributed by atoms with Crippen LogP contribution in [0, 0.1) is 0 Å². The van der Waals surface area contributed by atoms with E-state index in [9.17, 15) is 4.79 Å². The van der Waals surface area contributed by atoms with Crippen LogP contribution in [0.1, 0.15) is 43.1 Å². The van der Waals surface area contributed by atoms with Crippen LogP contribution < -0.4 is 0 Å². The van der Waals surface area contributed by atoms with Crippen LogP contribution in [0.2, 0.25) is 0 Å². The average molecular weight is 180 g/mol. The molecule has 0 aliphatic heterocycles. The van der Waals surface area contributed by atoms with Crippen molar-refractivity contribution in [3.8, 4) is 0 Å². The Kier molecular flexibility index (Phi) is 4.23. The highest BCUT2D eigenvalue weighted by atomic mass is 16.1. The van der Waals surface area contributed by atoms with Crippen molar-refractivity contribution in [3.05, 3.63) is 18.2 Å². The van der Waals surface area contributed by atoms with Gasteiger partial charge >= 0.3 is 0 Å². The molecule has 0 aromatic carbocycles. The van der Waals surface area contributed by atoms with E-state index in [4.69, 9.17) is 0 Å². The van der Waals surface area contributed by atoms with Crippen LogP contribution in [0.5, 0.6) is 0 Å². The van der Waals surface area contributed by atoms with E-state index in [1.165, 1.54) is 25.7 Å². The zero-order chi connectivity index (χ0) is 9.52. The van der Waals surface area contributed by atoms with E-state index >= 15 is 0 Å². The number of imidazole rings is 1. The summed E-state index contributed by atoms with van der Waals surface area (Å²) in [6, 6.07) is 0. The highest BCUT2D eigenvalue weighted by Gasteiger charge is 1.95. The second kappa shape index (κ2) is 5.51. The Balaban J connectivity index is 2.24. The van der Waals surface area contributed by atoms with Crippen LogP contribution in [0.15, 0.2) is 12.5 Å². The SMILES string of the molecule is CCCCCCn1cnc(C=O)c1. The van der Waals surface area contributed by atoms with Gasteiger partial charge in [0.05, 0.1) is 6.33 Å². The summed E-state index contributed by atoms with van der Waals surface area (Å²) in [5, 5.41) is 0. The zero-order valence-corrected chi connectivity index (χ0v) is 8.07. The molecule has 0 bridgehead atoms. The first-order chi connectivity index (χ1) is 6.36. The van der Waals surface area contributed by atoms with Gasteiger partial charge in [-0.3, -0.25) is 4.79 Å². The molecule has 0 aliphatic rings. The zero-order valence-electron chi connectivity index (χ0n) is 8.07. The van der Waals surface area contributed by atoms with Crippen molar-refractivity contribution in [3.63, 3.8) is 0 Å². The second-order valence-electron chi connectivity index (χ2n) is 3.21. The number of carbonyl (C=O) groups is 1. The molecule has 1 aromatic rings. The number of aromatic nitrogens is 2. The van der Waals surface area contributed by atoms with Crippen molar-refractivity contribution < 1.29 is 4.79 Å². The number of hydrogen-bond acceptors (Lipinski definition) is 2. The summed E-state index contributed by atoms with van der Waals surface area (Å²) in [6.07, 6.45) is 9.25. The maximum Gasteiger partial charge on any atom is 0.169 e. The first-order valence-electron chi connectivity index (χ1n) is 4.83. The van der Waals surface area contributed by atoms with Crippen molar-refractivity contribution in [2.45, 2.75) is 39.2 Å². The van der Waals surface area contributed by atoms with Gasteiger partial charge in [0.15, 0.2) is 6.29 Å². The van der Waals surface area contributed by atoms with Gasteiger partial charge in [-0.2, -0.15) is 0 Å². The Morgan fingerprint density at radius 1 is 1.46 bits per heavy atom. The van der Waals surface area contributed by atoms with E-state index in [0.717, 1.165) is 12.8 Å². The van der Waals surface area contributed by atoms with E-state index in [0.29, 0.717) is 5.69 Å². The predicted molar refractivity (Wildman–Crippen MR) is 51.8 cm³/mol. The van der Waals surface area contributed by atoms with Crippen LogP contribution in [-0.2, 0) is 6.54 Å². The molecule has 0 unspecified atom stereocenters. The molecular weight excluding hydrogens is 164 g/mol. The number of unbranched alkanes of at least 4 members (excludes halogenated alkanes) is 3. The molecule has 72 valence electrons. The van der Waals surface area contributed by atoms with Gasteiger partial charge in [-0.15, -0.1) is 0 Å². The standard InChI is InChI=1S/C10H16N2O/c1-2-3-4-5-6-12-7-10(8-13)11-9-12/h7-9H,2-6H2,1H3. The largest absolute Gasteiger partial charge is 0.337 e. The number of carbonyl (C=O) groups excluding carboxylic acids is 1. The summed E-state index contributed by atoms with van der Waals surface area (Å²) in [6.45, 7) is 3.17. The van der Waals surface area contributed by atoms with Gasteiger partial charge < -0.3 is 4.57 Å². The number of aryl methyl sites for hydroxylation is 1. The molecule has 1 rings (SSSR count). The Hall–Kier alpha value is -1.12. The molecule has 0 saturated heterocycles. The third kappa shape index (κ3) is 3.40. The lowest BCUT2D eigenvalue weighted by Crippen LogP contribution is -1.93. The molecule has 0 atom stereocenters. The topological polar surface area (TPSA) is 34.9 Å². The van der Waals surface area contributed by atoms with Gasteiger partial charge in [-0.05, 0) is 6.42 Å². The first kappa shape index (κ1) is 9.96. The summed E-state index contributed by atoms with van der Waals surface area (Å²) in [7, 11) is 0. The second-order valence-corrected chi connectivity index (χ2v) is 3.21. The first-order valence-corrected chi connectivity index (χ1v) is 4.83. The molecule has 0 N–H and O–H groups in total. The Morgan fingerprint density at radius 3 is 2.92 bits per heavy atom.